The number of urea groups is 1. The maximum absolute atomic E-state index is 12.7. The number of benzene rings is 2. The normalized spacial score (nSPS) is 14.9. The minimum absolute atomic E-state index is 0.137. The molecule has 12 heteroatoms. The van der Waals surface area contributed by atoms with Crippen LogP contribution in [0, 0.1) is 0 Å². The van der Waals surface area contributed by atoms with Crippen molar-refractivity contribution in [2.45, 2.75) is 11.0 Å². The molecular formula is C17H19F5N2O4S. The summed E-state index contributed by atoms with van der Waals surface area (Å²) in [5, 5.41) is 14.8. The van der Waals surface area contributed by atoms with Gasteiger partial charge in [-0.1, -0.05) is 19.4 Å². The number of nitrogens with one attached hydrogen (secondary N) is 2. The quantitative estimate of drug-likeness (QED) is 0.514. The highest BCUT2D eigenvalue weighted by molar-refractivity contribution is 8.45. The van der Waals surface area contributed by atoms with E-state index in [2.05, 4.69) is 10.6 Å². The molecule has 2 amide bonds. The zero-order valence-corrected chi connectivity index (χ0v) is 16.1. The van der Waals surface area contributed by atoms with Gasteiger partial charge < -0.3 is 25.2 Å². The number of anilines is 1. The number of hydrogen-bond acceptors (Lipinski definition) is 4. The molecule has 0 aliphatic rings. The van der Waals surface area contributed by atoms with E-state index in [-0.39, 0.29) is 24.4 Å². The van der Waals surface area contributed by atoms with E-state index in [1.54, 1.807) is 12.1 Å². The van der Waals surface area contributed by atoms with Crippen LogP contribution in [-0.4, -0.2) is 31.9 Å². The predicted octanol–water partition coefficient (Wildman–Crippen LogP) is 5.22. The van der Waals surface area contributed by atoms with Gasteiger partial charge in [0.25, 0.3) is 0 Å². The Morgan fingerprint density at radius 1 is 1.03 bits per heavy atom. The largest absolute Gasteiger partial charge is 0.497 e. The Morgan fingerprint density at radius 3 is 2.17 bits per heavy atom. The van der Waals surface area contributed by atoms with Gasteiger partial charge in [0.15, 0.2) is 0 Å². The highest BCUT2D eigenvalue weighted by Crippen LogP contribution is 3.02. The Morgan fingerprint density at radius 2 is 1.66 bits per heavy atom. The van der Waals surface area contributed by atoms with Gasteiger partial charge in [-0.3, -0.25) is 0 Å². The molecule has 0 aromatic heterocycles. The molecule has 2 aromatic rings. The number of methoxy groups -OCH3 is 2. The number of carbonyl (C=O) groups excluding carboxylic acids is 1. The van der Waals surface area contributed by atoms with Crippen molar-refractivity contribution < 1.29 is 38.8 Å². The second kappa shape index (κ2) is 7.26. The molecular weight excluding hydrogens is 423 g/mol. The van der Waals surface area contributed by atoms with Crippen molar-refractivity contribution in [2.75, 3.05) is 26.1 Å². The number of hydrogen-bond donors (Lipinski definition) is 3. The van der Waals surface area contributed by atoms with Crippen LogP contribution in [-0.2, 0) is 0 Å². The topological polar surface area (TPSA) is 79.8 Å². The third-order valence-electron chi connectivity index (χ3n) is 3.81. The average Bonchev–Trinajstić information content (AvgIpc) is 2.64. The summed E-state index contributed by atoms with van der Waals surface area (Å²) < 4.78 is 73.6. The summed E-state index contributed by atoms with van der Waals surface area (Å²) in [5.74, 6) is 0.806. The number of rotatable bonds is 7. The van der Waals surface area contributed by atoms with E-state index >= 15 is 0 Å². The fourth-order valence-corrected chi connectivity index (χ4v) is 3.02. The Kier molecular flexibility index (Phi) is 5.65. The molecule has 3 N–H and O–H groups in total. The highest BCUT2D eigenvalue weighted by atomic mass is 32.5. The summed E-state index contributed by atoms with van der Waals surface area (Å²) in [6.07, 6.45) is -1.18. The second-order valence-electron chi connectivity index (χ2n) is 5.95. The molecule has 6 nitrogen and oxygen atoms in total. The molecule has 0 bridgehead atoms. The SMILES string of the molecule is COc1ccc(OC)c([C@H](O)CNC(=O)Nc2ccc(S(F)(F)(F)(F)F)cc2)c1. The van der Waals surface area contributed by atoms with Gasteiger partial charge in [-0.05, 0) is 42.5 Å². The Balaban J connectivity index is 2.00. The summed E-state index contributed by atoms with van der Waals surface area (Å²) in [7, 11) is -6.94. The van der Waals surface area contributed by atoms with Gasteiger partial charge in [-0.25, -0.2) is 4.79 Å². The van der Waals surface area contributed by atoms with E-state index in [4.69, 9.17) is 9.47 Å². The van der Waals surface area contributed by atoms with Gasteiger partial charge in [0.2, 0.25) is 0 Å². The van der Waals surface area contributed by atoms with Crippen LogP contribution in [0.4, 0.5) is 29.9 Å². The average molecular weight is 442 g/mol. The van der Waals surface area contributed by atoms with Gasteiger partial charge >= 0.3 is 16.3 Å². The summed E-state index contributed by atoms with van der Waals surface area (Å²) >= 11 is 0. The molecule has 2 rings (SSSR count). The Hall–Kier alpha value is -2.73. The first-order chi connectivity index (χ1) is 13.2. The highest BCUT2D eigenvalue weighted by Gasteiger charge is 2.65. The first-order valence-corrected chi connectivity index (χ1v) is 9.97. The molecule has 0 spiro atoms. The molecule has 0 aliphatic heterocycles. The first-order valence-electron chi connectivity index (χ1n) is 8.02. The number of halogens is 5. The van der Waals surface area contributed by atoms with Crippen LogP contribution in [0.1, 0.15) is 11.7 Å². The lowest BCUT2D eigenvalue weighted by molar-refractivity contribution is 0.170. The molecule has 0 radical (unpaired) electrons. The molecule has 0 saturated heterocycles. The molecule has 0 unspecified atom stereocenters. The van der Waals surface area contributed by atoms with Crippen LogP contribution >= 0.6 is 10.2 Å². The number of ether oxygens (including phenoxy) is 2. The molecule has 162 valence electrons. The van der Waals surface area contributed by atoms with Gasteiger partial charge in [-0.2, -0.15) is 0 Å². The van der Waals surface area contributed by atoms with Gasteiger partial charge in [0, 0.05) is 17.8 Å². The van der Waals surface area contributed by atoms with Crippen molar-refractivity contribution in [3.8, 4) is 11.5 Å². The van der Waals surface area contributed by atoms with Crippen LogP contribution in [0.5, 0.6) is 11.5 Å². The fourth-order valence-electron chi connectivity index (χ4n) is 2.37. The summed E-state index contributed by atoms with van der Waals surface area (Å²) in [6.45, 7) is -0.265. The number of aliphatic hydroxyl groups is 1. The molecule has 0 fully saturated rings. The summed E-state index contributed by atoms with van der Waals surface area (Å²) in [6, 6.07) is 5.62. The second-order valence-corrected chi connectivity index (χ2v) is 8.36. The van der Waals surface area contributed by atoms with E-state index in [1.165, 1.54) is 20.3 Å². The third kappa shape index (κ3) is 6.12. The minimum atomic E-state index is -9.77. The fraction of sp³-hybridized carbons (Fsp3) is 0.235. The Labute approximate surface area is 163 Å². The predicted molar refractivity (Wildman–Crippen MR) is 99.4 cm³/mol. The molecule has 0 heterocycles. The number of amides is 2. The van der Waals surface area contributed by atoms with E-state index in [0.717, 1.165) is 0 Å². The van der Waals surface area contributed by atoms with Crippen molar-refractivity contribution in [3.05, 3.63) is 48.0 Å². The van der Waals surface area contributed by atoms with Crippen LogP contribution in [0.25, 0.3) is 0 Å². The first kappa shape index (κ1) is 22.6. The molecule has 29 heavy (non-hydrogen) atoms. The van der Waals surface area contributed by atoms with Crippen LogP contribution < -0.4 is 20.1 Å². The molecule has 1 atom stereocenters. The van der Waals surface area contributed by atoms with Crippen LogP contribution in [0.15, 0.2) is 47.4 Å². The van der Waals surface area contributed by atoms with Gasteiger partial charge in [-0.15, -0.1) is 0 Å². The third-order valence-corrected chi connectivity index (χ3v) is 4.97. The zero-order valence-electron chi connectivity index (χ0n) is 15.3. The molecule has 0 saturated carbocycles. The van der Waals surface area contributed by atoms with E-state index in [1.807, 2.05) is 0 Å². The van der Waals surface area contributed by atoms with Crippen molar-refractivity contribution >= 4 is 21.9 Å². The van der Waals surface area contributed by atoms with E-state index < -0.39 is 27.3 Å². The maximum Gasteiger partial charge on any atom is 0.319 e. The lowest BCUT2D eigenvalue weighted by Gasteiger charge is -2.40. The number of aliphatic hydroxyl groups excluding tert-OH is 1. The van der Waals surface area contributed by atoms with Crippen molar-refractivity contribution in [1.29, 1.82) is 0 Å². The van der Waals surface area contributed by atoms with Crippen molar-refractivity contribution in [3.63, 3.8) is 0 Å². The lowest BCUT2D eigenvalue weighted by Crippen LogP contribution is -2.32. The molecule has 2 aromatic carbocycles. The van der Waals surface area contributed by atoms with Crippen LogP contribution in [0.2, 0.25) is 0 Å². The zero-order chi connectivity index (χ0) is 21.9. The van der Waals surface area contributed by atoms with E-state index in [9.17, 15) is 29.3 Å². The minimum Gasteiger partial charge on any atom is -0.497 e. The summed E-state index contributed by atoms with van der Waals surface area (Å²) in [4.78, 5) is 9.82. The van der Waals surface area contributed by atoms with Crippen molar-refractivity contribution in [2.24, 2.45) is 0 Å². The van der Waals surface area contributed by atoms with Gasteiger partial charge in [0.1, 0.15) is 22.5 Å². The lowest BCUT2D eigenvalue weighted by atomic mass is 10.1. The van der Waals surface area contributed by atoms with E-state index in [0.29, 0.717) is 29.2 Å². The van der Waals surface area contributed by atoms with Crippen molar-refractivity contribution in [1.82, 2.24) is 5.32 Å². The smallest absolute Gasteiger partial charge is 0.319 e. The molecule has 0 aliphatic carbocycles. The van der Waals surface area contributed by atoms with Gasteiger partial charge in [0.05, 0.1) is 14.2 Å². The number of carbonyl (C=O) groups is 1. The Bertz CT molecular complexity index is 892. The standard InChI is InChI=1S/C17H19F5N2O4S/c1-27-12-5-8-16(28-2)14(9-12)15(25)10-23-17(26)24-11-3-6-13(7-4-11)29(18,19,20,21)22/h3-9,15,25H,10H2,1-2H3,(H2,23,24,26)/t15-/m1/s1. The maximum atomic E-state index is 12.7. The monoisotopic (exact) mass is 442 g/mol. The summed E-state index contributed by atoms with van der Waals surface area (Å²) in [5.41, 5.74) is 0.203. The van der Waals surface area contributed by atoms with Crippen LogP contribution in [0.3, 0.4) is 0 Å².